The highest BCUT2D eigenvalue weighted by molar-refractivity contribution is 5.79. The molecule has 1 amide bonds. The topological polar surface area (TPSA) is 75.3 Å². The van der Waals surface area contributed by atoms with Gasteiger partial charge in [-0.25, -0.2) is 0 Å². The molecule has 1 unspecified atom stereocenters. The van der Waals surface area contributed by atoms with Crippen LogP contribution in [0.25, 0.3) is 0 Å². The molecule has 1 aromatic rings. The first-order valence-corrected chi connectivity index (χ1v) is 5.80. The number of nitrogens with one attached hydrogen (secondary N) is 1. The summed E-state index contributed by atoms with van der Waals surface area (Å²) in [6.07, 6.45) is 0.262. The Morgan fingerprint density at radius 1 is 1.47 bits per heavy atom. The third kappa shape index (κ3) is 4.44. The Kier molecular flexibility index (Phi) is 4.97. The van der Waals surface area contributed by atoms with Crippen molar-refractivity contribution in [3.63, 3.8) is 0 Å². The molecule has 0 bridgehead atoms. The molecule has 0 aliphatic heterocycles. The van der Waals surface area contributed by atoms with Gasteiger partial charge < -0.3 is 16.2 Å². The highest BCUT2D eigenvalue weighted by atomic mass is 16.3. The van der Waals surface area contributed by atoms with Gasteiger partial charge in [-0.1, -0.05) is 26.0 Å². The van der Waals surface area contributed by atoms with Crippen LogP contribution in [0.2, 0.25) is 0 Å². The minimum Gasteiger partial charge on any atom is -0.508 e. The molecule has 4 nitrogen and oxygen atoms in total. The Labute approximate surface area is 102 Å². The zero-order chi connectivity index (χ0) is 12.8. The van der Waals surface area contributed by atoms with E-state index in [-0.39, 0.29) is 24.1 Å². The quantitative estimate of drug-likeness (QED) is 0.715. The van der Waals surface area contributed by atoms with Crippen molar-refractivity contribution < 1.29 is 9.90 Å². The zero-order valence-corrected chi connectivity index (χ0v) is 10.3. The van der Waals surface area contributed by atoms with Gasteiger partial charge in [0.15, 0.2) is 0 Å². The van der Waals surface area contributed by atoms with Crippen molar-refractivity contribution in [2.24, 2.45) is 11.7 Å². The van der Waals surface area contributed by atoms with Crippen molar-refractivity contribution in [1.29, 1.82) is 0 Å². The third-order valence-electron chi connectivity index (χ3n) is 2.68. The van der Waals surface area contributed by atoms with Crippen molar-refractivity contribution in [2.75, 3.05) is 6.54 Å². The fraction of sp³-hybridized carbons (Fsp3) is 0.462. The molecule has 0 heterocycles. The van der Waals surface area contributed by atoms with Crippen LogP contribution < -0.4 is 11.1 Å². The molecule has 0 saturated carbocycles. The maximum atomic E-state index is 11.7. The third-order valence-corrected chi connectivity index (χ3v) is 2.68. The summed E-state index contributed by atoms with van der Waals surface area (Å²) in [4.78, 5) is 11.7. The lowest BCUT2D eigenvalue weighted by Gasteiger charge is -2.20. The lowest BCUT2D eigenvalue weighted by Crippen LogP contribution is -2.44. The number of phenols is 1. The van der Waals surface area contributed by atoms with Gasteiger partial charge in [0.05, 0.1) is 6.42 Å². The van der Waals surface area contributed by atoms with E-state index in [1.807, 2.05) is 19.9 Å². The van der Waals surface area contributed by atoms with Crippen molar-refractivity contribution in [2.45, 2.75) is 26.3 Å². The van der Waals surface area contributed by atoms with Gasteiger partial charge in [0.1, 0.15) is 5.75 Å². The van der Waals surface area contributed by atoms with E-state index in [1.165, 1.54) is 0 Å². The van der Waals surface area contributed by atoms with Gasteiger partial charge in [0, 0.05) is 12.6 Å². The molecule has 1 aromatic carbocycles. The van der Waals surface area contributed by atoms with Crippen molar-refractivity contribution in [1.82, 2.24) is 5.32 Å². The highest BCUT2D eigenvalue weighted by Crippen LogP contribution is 2.11. The number of phenolic OH excluding ortho intramolecular Hbond substituents is 1. The molecular formula is C13H20N2O2. The van der Waals surface area contributed by atoms with Crippen molar-refractivity contribution >= 4 is 5.91 Å². The number of rotatable bonds is 5. The summed E-state index contributed by atoms with van der Waals surface area (Å²) in [7, 11) is 0. The summed E-state index contributed by atoms with van der Waals surface area (Å²) in [6.45, 7) is 4.47. The summed E-state index contributed by atoms with van der Waals surface area (Å²) < 4.78 is 0. The Morgan fingerprint density at radius 2 is 2.18 bits per heavy atom. The molecular weight excluding hydrogens is 216 g/mol. The van der Waals surface area contributed by atoms with E-state index in [4.69, 9.17) is 5.73 Å². The Hall–Kier alpha value is -1.55. The van der Waals surface area contributed by atoms with Crippen LogP contribution in [-0.2, 0) is 11.2 Å². The van der Waals surface area contributed by atoms with Crippen LogP contribution in [0.5, 0.6) is 5.75 Å². The van der Waals surface area contributed by atoms with Crippen LogP contribution in [0.4, 0.5) is 0 Å². The summed E-state index contributed by atoms with van der Waals surface area (Å²) >= 11 is 0. The van der Waals surface area contributed by atoms with Gasteiger partial charge in [-0.2, -0.15) is 0 Å². The van der Waals surface area contributed by atoms with Crippen molar-refractivity contribution in [3.05, 3.63) is 29.8 Å². The molecule has 4 heteroatoms. The number of carbonyl (C=O) groups is 1. The SMILES string of the molecule is CC(C)C(CN)NC(=O)Cc1cccc(O)c1. The first-order valence-electron chi connectivity index (χ1n) is 5.80. The predicted octanol–water partition coefficient (Wildman–Crippen LogP) is 1.03. The van der Waals surface area contributed by atoms with Crippen LogP contribution >= 0.6 is 0 Å². The largest absolute Gasteiger partial charge is 0.508 e. The molecule has 0 radical (unpaired) electrons. The molecule has 0 spiro atoms. The molecule has 1 rings (SSSR count). The Morgan fingerprint density at radius 3 is 2.71 bits per heavy atom. The van der Waals surface area contributed by atoms with Crippen LogP contribution in [0, 0.1) is 5.92 Å². The predicted molar refractivity (Wildman–Crippen MR) is 67.6 cm³/mol. The fourth-order valence-corrected chi connectivity index (χ4v) is 1.61. The Balaban J connectivity index is 2.55. The minimum atomic E-state index is -0.0697. The number of aromatic hydroxyl groups is 1. The van der Waals surface area contributed by atoms with Gasteiger partial charge in [-0.15, -0.1) is 0 Å². The summed E-state index contributed by atoms with van der Waals surface area (Å²) in [5.74, 6) is 0.419. The second-order valence-electron chi connectivity index (χ2n) is 4.50. The van der Waals surface area contributed by atoms with Crippen LogP contribution in [0.3, 0.4) is 0 Å². The summed E-state index contributed by atoms with van der Waals surface area (Å²) in [5, 5.41) is 12.2. The summed E-state index contributed by atoms with van der Waals surface area (Å²) in [5.41, 5.74) is 6.38. The van der Waals surface area contributed by atoms with Gasteiger partial charge in [-0.3, -0.25) is 4.79 Å². The van der Waals surface area contributed by atoms with Gasteiger partial charge in [-0.05, 0) is 23.6 Å². The second kappa shape index (κ2) is 6.25. The number of nitrogens with two attached hydrogens (primary N) is 1. The maximum Gasteiger partial charge on any atom is 0.224 e. The maximum absolute atomic E-state index is 11.7. The number of amides is 1. The normalized spacial score (nSPS) is 12.5. The molecule has 1 atom stereocenters. The van der Waals surface area contributed by atoms with Crippen molar-refractivity contribution in [3.8, 4) is 5.75 Å². The molecule has 94 valence electrons. The molecule has 17 heavy (non-hydrogen) atoms. The van der Waals surface area contributed by atoms with Crippen LogP contribution in [0.15, 0.2) is 24.3 Å². The average molecular weight is 236 g/mol. The zero-order valence-electron chi connectivity index (χ0n) is 10.3. The fourth-order valence-electron chi connectivity index (χ4n) is 1.61. The lowest BCUT2D eigenvalue weighted by molar-refractivity contribution is -0.121. The lowest BCUT2D eigenvalue weighted by atomic mass is 10.0. The van der Waals surface area contributed by atoms with E-state index in [1.54, 1.807) is 18.2 Å². The number of hydrogen-bond acceptors (Lipinski definition) is 3. The average Bonchev–Trinajstić information content (AvgIpc) is 2.25. The first kappa shape index (κ1) is 13.5. The van der Waals surface area contributed by atoms with Gasteiger partial charge in [0.2, 0.25) is 5.91 Å². The first-order chi connectivity index (χ1) is 8.02. The minimum absolute atomic E-state index is 0.000177. The monoisotopic (exact) mass is 236 g/mol. The summed E-state index contributed by atoms with van der Waals surface area (Å²) in [6, 6.07) is 6.71. The Bertz CT molecular complexity index is 377. The van der Waals surface area contributed by atoms with Gasteiger partial charge >= 0.3 is 0 Å². The van der Waals surface area contributed by atoms with Crippen LogP contribution in [0.1, 0.15) is 19.4 Å². The number of hydrogen-bond donors (Lipinski definition) is 3. The van der Waals surface area contributed by atoms with E-state index in [9.17, 15) is 9.90 Å². The van der Waals surface area contributed by atoms with E-state index >= 15 is 0 Å². The second-order valence-corrected chi connectivity index (χ2v) is 4.50. The van der Waals surface area contributed by atoms with E-state index < -0.39 is 0 Å². The molecule has 4 N–H and O–H groups in total. The standard InChI is InChI=1S/C13H20N2O2/c1-9(2)12(8-14)15-13(17)7-10-4-3-5-11(16)6-10/h3-6,9,12,16H,7-8,14H2,1-2H3,(H,15,17). The van der Waals surface area contributed by atoms with E-state index in [0.717, 1.165) is 5.56 Å². The molecule has 0 fully saturated rings. The smallest absolute Gasteiger partial charge is 0.224 e. The number of carbonyl (C=O) groups excluding carboxylic acids is 1. The molecule has 0 saturated heterocycles. The molecule has 0 aliphatic rings. The van der Waals surface area contributed by atoms with E-state index in [2.05, 4.69) is 5.32 Å². The van der Waals surface area contributed by atoms with Crippen LogP contribution in [-0.4, -0.2) is 23.6 Å². The number of benzene rings is 1. The molecule has 0 aromatic heterocycles. The highest BCUT2D eigenvalue weighted by Gasteiger charge is 2.14. The van der Waals surface area contributed by atoms with Gasteiger partial charge in [0.25, 0.3) is 0 Å². The molecule has 0 aliphatic carbocycles. The van der Waals surface area contributed by atoms with E-state index in [0.29, 0.717) is 12.5 Å².